The van der Waals surface area contributed by atoms with Crippen LogP contribution in [-0.4, -0.2) is 4.98 Å². The number of pyridine rings is 1. The average molecular weight is 161 g/mol. The number of rotatable bonds is 0. The van der Waals surface area contributed by atoms with Gasteiger partial charge in [-0.3, -0.25) is 4.98 Å². The van der Waals surface area contributed by atoms with Crippen molar-refractivity contribution in [3.05, 3.63) is 40.4 Å². The summed E-state index contributed by atoms with van der Waals surface area (Å²) < 4.78 is 0. The van der Waals surface area contributed by atoms with E-state index in [1.807, 2.05) is 18.5 Å². The highest BCUT2D eigenvalue weighted by molar-refractivity contribution is 8.05. The molecule has 54 valence electrons. The fourth-order valence-corrected chi connectivity index (χ4v) is 1.52. The van der Waals surface area contributed by atoms with Crippen LogP contribution in [-0.2, 0) is 0 Å². The fourth-order valence-electron chi connectivity index (χ4n) is 0.979. The van der Waals surface area contributed by atoms with Crippen LogP contribution in [0.2, 0.25) is 0 Å². The van der Waals surface area contributed by atoms with Crippen LogP contribution in [0.5, 0.6) is 0 Å². The Kier molecular flexibility index (Phi) is 1.78. The summed E-state index contributed by atoms with van der Waals surface area (Å²) in [6, 6.07) is 2.02. The summed E-state index contributed by atoms with van der Waals surface area (Å²) in [7, 11) is 0. The molecule has 11 heavy (non-hydrogen) atoms. The van der Waals surface area contributed by atoms with Gasteiger partial charge in [-0.2, -0.15) is 0 Å². The van der Waals surface area contributed by atoms with Crippen molar-refractivity contribution in [3.63, 3.8) is 0 Å². The molecule has 2 heteroatoms. The highest BCUT2D eigenvalue weighted by atomic mass is 32.2. The lowest BCUT2D eigenvalue weighted by atomic mass is 10.1. The molecule has 0 bridgehead atoms. The van der Waals surface area contributed by atoms with Crippen molar-refractivity contribution in [1.82, 2.24) is 4.98 Å². The summed E-state index contributed by atoms with van der Waals surface area (Å²) >= 11 is 1.68. The van der Waals surface area contributed by atoms with E-state index in [1.165, 1.54) is 11.1 Å². The second-order valence-electron chi connectivity index (χ2n) is 2.25. The molecular weight excluding hydrogens is 154 g/mol. The van der Waals surface area contributed by atoms with Gasteiger partial charge in [0.2, 0.25) is 0 Å². The Hall–Kier alpha value is -1.02. The molecule has 0 saturated heterocycles. The van der Waals surface area contributed by atoms with Crippen molar-refractivity contribution in [1.29, 1.82) is 0 Å². The van der Waals surface area contributed by atoms with E-state index >= 15 is 0 Å². The Labute approximate surface area is 69.8 Å². The molecule has 2 rings (SSSR count). The summed E-state index contributed by atoms with van der Waals surface area (Å²) in [6.45, 7) is 0. The molecule has 0 radical (unpaired) electrons. The van der Waals surface area contributed by atoms with E-state index < -0.39 is 0 Å². The minimum absolute atomic E-state index is 1.19. The first-order chi connectivity index (χ1) is 5.47. The van der Waals surface area contributed by atoms with Crippen LogP contribution >= 0.6 is 11.8 Å². The van der Waals surface area contributed by atoms with Crippen molar-refractivity contribution < 1.29 is 0 Å². The third-order valence-electron chi connectivity index (χ3n) is 1.54. The molecule has 0 saturated carbocycles. The molecular formula is C9H7NS. The highest BCUT2D eigenvalue weighted by Gasteiger charge is 1.96. The molecule has 0 aromatic carbocycles. The molecule has 0 unspecified atom stereocenters. The largest absolute Gasteiger partial charge is 0.264 e. The molecule has 0 amide bonds. The van der Waals surface area contributed by atoms with Gasteiger partial charge in [0.25, 0.3) is 0 Å². The molecule has 2 heterocycles. The van der Waals surface area contributed by atoms with Gasteiger partial charge in [-0.1, -0.05) is 0 Å². The van der Waals surface area contributed by atoms with Crippen LogP contribution in [0.15, 0.2) is 29.3 Å². The van der Waals surface area contributed by atoms with Crippen LogP contribution in [0.1, 0.15) is 11.1 Å². The van der Waals surface area contributed by atoms with Crippen molar-refractivity contribution >= 4 is 23.9 Å². The van der Waals surface area contributed by atoms with Crippen molar-refractivity contribution in [2.45, 2.75) is 0 Å². The predicted octanol–water partition coefficient (Wildman–Crippen LogP) is 2.77. The monoisotopic (exact) mass is 161 g/mol. The SMILES string of the molecule is C1=Cc2ccncc2C=CS1. The molecule has 1 aliphatic rings. The van der Waals surface area contributed by atoms with E-state index in [0.717, 1.165) is 0 Å². The first kappa shape index (κ1) is 6.68. The van der Waals surface area contributed by atoms with Crippen LogP contribution < -0.4 is 0 Å². The van der Waals surface area contributed by atoms with Gasteiger partial charge in [0, 0.05) is 18.0 Å². The normalized spacial score (nSPS) is 14.2. The number of thioether (sulfide) groups is 1. The zero-order chi connectivity index (χ0) is 7.52. The highest BCUT2D eigenvalue weighted by Crippen LogP contribution is 2.19. The smallest absolute Gasteiger partial charge is 0.0346 e. The van der Waals surface area contributed by atoms with Crippen molar-refractivity contribution in [2.24, 2.45) is 0 Å². The third kappa shape index (κ3) is 1.35. The summed E-state index contributed by atoms with van der Waals surface area (Å²) in [5, 5.41) is 4.13. The number of nitrogens with zero attached hydrogens (tertiary/aromatic N) is 1. The molecule has 0 N–H and O–H groups in total. The Bertz CT molecular complexity index is 284. The van der Waals surface area contributed by atoms with Gasteiger partial charge in [0.15, 0.2) is 0 Å². The maximum absolute atomic E-state index is 4.05. The third-order valence-corrected chi connectivity index (χ3v) is 2.13. The maximum Gasteiger partial charge on any atom is 0.0346 e. The summed E-state index contributed by atoms with van der Waals surface area (Å²) in [6.07, 6.45) is 7.86. The lowest BCUT2D eigenvalue weighted by Crippen LogP contribution is -1.79. The number of hydrogen-bond donors (Lipinski definition) is 0. The molecule has 0 fully saturated rings. The Morgan fingerprint density at radius 3 is 2.82 bits per heavy atom. The Morgan fingerprint density at radius 1 is 1.09 bits per heavy atom. The molecule has 1 nitrogen and oxygen atoms in total. The van der Waals surface area contributed by atoms with Gasteiger partial charge in [-0.15, -0.1) is 11.8 Å². The summed E-state index contributed by atoms with van der Waals surface area (Å²) in [5.41, 5.74) is 2.43. The van der Waals surface area contributed by atoms with Crippen LogP contribution in [0.25, 0.3) is 12.2 Å². The van der Waals surface area contributed by atoms with E-state index in [-0.39, 0.29) is 0 Å². The van der Waals surface area contributed by atoms with Crippen LogP contribution in [0.4, 0.5) is 0 Å². The van der Waals surface area contributed by atoms with Crippen LogP contribution in [0.3, 0.4) is 0 Å². The van der Waals surface area contributed by atoms with Crippen LogP contribution in [0, 0.1) is 0 Å². The van der Waals surface area contributed by atoms with E-state index in [4.69, 9.17) is 0 Å². The minimum atomic E-state index is 1.19. The number of fused-ring (bicyclic) bond motifs is 1. The Morgan fingerprint density at radius 2 is 1.91 bits per heavy atom. The molecule has 0 spiro atoms. The second-order valence-corrected chi connectivity index (χ2v) is 3.06. The lowest BCUT2D eigenvalue weighted by molar-refractivity contribution is 1.31. The van der Waals surface area contributed by atoms with Gasteiger partial charge in [-0.25, -0.2) is 0 Å². The second kappa shape index (κ2) is 2.93. The maximum atomic E-state index is 4.05. The zero-order valence-corrected chi connectivity index (χ0v) is 6.71. The summed E-state index contributed by atoms with van der Waals surface area (Å²) in [4.78, 5) is 4.05. The average Bonchev–Trinajstić information content (AvgIpc) is 2.28. The number of hydrogen-bond acceptors (Lipinski definition) is 2. The van der Waals surface area contributed by atoms with Gasteiger partial charge in [-0.05, 0) is 34.6 Å². The minimum Gasteiger partial charge on any atom is -0.264 e. The van der Waals surface area contributed by atoms with Crippen molar-refractivity contribution in [2.75, 3.05) is 0 Å². The first-order valence-corrected chi connectivity index (χ1v) is 4.34. The van der Waals surface area contributed by atoms with Gasteiger partial charge in [0.05, 0.1) is 0 Å². The Balaban J connectivity index is 2.58. The van der Waals surface area contributed by atoms with E-state index in [1.54, 1.807) is 11.8 Å². The lowest BCUT2D eigenvalue weighted by Gasteiger charge is -1.95. The van der Waals surface area contributed by atoms with E-state index in [0.29, 0.717) is 0 Å². The summed E-state index contributed by atoms with van der Waals surface area (Å²) in [5.74, 6) is 0. The molecule has 0 aliphatic carbocycles. The topological polar surface area (TPSA) is 12.9 Å². The van der Waals surface area contributed by atoms with E-state index in [2.05, 4.69) is 28.0 Å². The van der Waals surface area contributed by atoms with Gasteiger partial charge < -0.3 is 0 Å². The fraction of sp³-hybridized carbons (Fsp3) is 0. The van der Waals surface area contributed by atoms with Gasteiger partial charge in [0.1, 0.15) is 0 Å². The molecule has 0 atom stereocenters. The first-order valence-electron chi connectivity index (χ1n) is 3.39. The van der Waals surface area contributed by atoms with E-state index in [9.17, 15) is 0 Å². The zero-order valence-electron chi connectivity index (χ0n) is 5.90. The quantitative estimate of drug-likeness (QED) is 0.580. The predicted molar refractivity (Wildman–Crippen MR) is 49.9 cm³/mol. The van der Waals surface area contributed by atoms with Gasteiger partial charge >= 0.3 is 0 Å². The molecule has 1 aromatic rings. The molecule has 1 aliphatic heterocycles. The number of aromatic nitrogens is 1. The molecule has 1 aromatic heterocycles. The standard InChI is InChI=1S/C9H7NS/c1-4-10-7-9-3-6-11-5-2-8(1)9/h1-7H. The van der Waals surface area contributed by atoms with Crippen molar-refractivity contribution in [3.8, 4) is 0 Å².